The maximum absolute atomic E-state index is 14.2. The number of piperazine rings is 1. The van der Waals surface area contributed by atoms with Gasteiger partial charge in [0.1, 0.15) is 11.9 Å². The molecule has 1 aromatic rings. The minimum atomic E-state index is -0.627. The number of aromatic nitrogens is 2. The molecule has 1 fully saturated rings. The average Bonchev–Trinajstić information content (AvgIpc) is 2.48. The molecule has 2 heterocycles. The molecule has 0 radical (unpaired) electrons. The topological polar surface area (TPSA) is 58.6 Å². The van der Waals surface area contributed by atoms with Gasteiger partial charge >= 0.3 is 6.09 Å². The predicted molar refractivity (Wildman–Crippen MR) is 86.2 cm³/mol. The fourth-order valence-electron chi connectivity index (χ4n) is 2.52. The van der Waals surface area contributed by atoms with Crippen LogP contribution in [-0.2, 0) is 4.74 Å². The molecule has 0 unspecified atom stereocenters. The Morgan fingerprint density at radius 3 is 2.74 bits per heavy atom. The highest BCUT2D eigenvalue weighted by molar-refractivity contribution is 6.29. The smallest absolute Gasteiger partial charge is 0.410 e. The summed E-state index contributed by atoms with van der Waals surface area (Å²) in [6.45, 7) is 8.82. The van der Waals surface area contributed by atoms with Crippen molar-refractivity contribution in [1.82, 2.24) is 14.9 Å². The summed E-state index contributed by atoms with van der Waals surface area (Å²) >= 11 is 5.74. The molecule has 1 aliphatic heterocycles. The Hall–Kier alpha value is -1.63. The van der Waals surface area contributed by atoms with Gasteiger partial charge in [0, 0.05) is 25.7 Å². The number of halogens is 2. The second-order valence-electron chi connectivity index (χ2n) is 6.48. The van der Waals surface area contributed by atoms with Gasteiger partial charge in [0.15, 0.2) is 11.0 Å². The summed E-state index contributed by atoms with van der Waals surface area (Å²) in [4.78, 5) is 23.3. The van der Waals surface area contributed by atoms with Crippen molar-refractivity contribution in [3.05, 3.63) is 17.3 Å². The Morgan fingerprint density at radius 2 is 2.13 bits per heavy atom. The molecule has 0 spiro atoms. The number of anilines is 1. The van der Waals surface area contributed by atoms with Gasteiger partial charge in [-0.05, 0) is 27.2 Å². The minimum absolute atomic E-state index is 0.0586. The lowest BCUT2D eigenvalue weighted by Gasteiger charge is -2.42. The highest BCUT2D eigenvalue weighted by Gasteiger charge is 2.33. The van der Waals surface area contributed by atoms with Gasteiger partial charge < -0.3 is 14.5 Å². The fraction of sp³-hybridized carbons (Fsp3) is 0.667. The van der Waals surface area contributed by atoms with E-state index in [1.165, 1.54) is 6.33 Å². The van der Waals surface area contributed by atoms with Crippen molar-refractivity contribution in [2.24, 2.45) is 0 Å². The van der Waals surface area contributed by atoms with E-state index in [0.29, 0.717) is 19.6 Å². The number of carbonyl (C=O) groups is 1. The minimum Gasteiger partial charge on any atom is -0.444 e. The average molecular weight is 345 g/mol. The third-order valence-electron chi connectivity index (χ3n) is 3.61. The van der Waals surface area contributed by atoms with Crippen LogP contribution >= 0.6 is 11.6 Å². The van der Waals surface area contributed by atoms with Crippen molar-refractivity contribution in [2.75, 3.05) is 24.5 Å². The second kappa shape index (κ2) is 6.86. The van der Waals surface area contributed by atoms with Gasteiger partial charge in [-0.15, -0.1) is 0 Å². The molecule has 1 aliphatic rings. The summed E-state index contributed by atoms with van der Waals surface area (Å²) in [5, 5.41) is -0.195. The predicted octanol–water partition coefficient (Wildman–Crippen LogP) is 3.10. The lowest BCUT2D eigenvalue weighted by atomic mass is 10.1. The van der Waals surface area contributed by atoms with E-state index < -0.39 is 11.4 Å². The molecule has 0 aliphatic carbocycles. The molecule has 128 valence electrons. The molecule has 8 heteroatoms. The lowest BCUT2D eigenvalue weighted by Crippen LogP contribution is -2.56. The van der Waals surface area contributed by atoms with E-state index in [9.17, 15) is 9.18 Å². The summed E-state index contributed by atoms with van der Waals surface area (Å²) in [7, 11) is 0. The number of rotatable bonds is 2. The van der Waals surface area contributed by atoms with Crippen molar-refractivity contribution in [1.29, 1.82) is 0 Å². The number of hydrogen-bond acceptors (Lipinski definition) is 5. The monoisotopic (exact) mass is 344 g/mol. The zero-order valence-electron chi connectivity index (χ0n) is 13.8. The molecule has 1 aromatic heterocycles. The van der Waals surface area contributed by atoms with E-state index in [0.717, 1.165) is 6.42 Å². The van der Waals surface area contributed by atoms with E-state index >= 15 is 0 Å². The van der Waals surface area contributed by atoms with Crippen molar-refractivity contribution in [2.45, 2.75) is 45.8 Å². The van der Waals surface area contributed by atoms with Gasteiger partial charge in [-0.25, -0.2) is 14.8 Å². The highest BCUT2D eigenvalue weighted by atomic mass is 35.5. The molecule has 0 aromatic carbocycles. The molecule has 23 heavy (non-hydrogen) atoms. The van der Waals surface area contributed by atoms with E-state index in [1.807, 2.05) is 32.6 Å². The first kappa shape index (κ1) is 17.7. The maximum Gasteiger partial charge on any atom is 0.410 e. The summed E-state index contributed by atoms with van der Waals surface area (Å²) < 4.78 is 19.6. The molecule has 1 saturated heterocycles. The third kappa shape index (κ3) is 4.22. The van der Waals surface area contributed by atoms with E-state index in [-0.39, 0.29) is 23.1 Å². The van der Waals surface area contributed by atoms with Crippen LogP contribution in [0.15, 0.2) is 6.33 Å². The number of hydrogen-bond donors (Lipinski definition) is 0. The number of carbonyl (C=O) groups excluding carboxylic acids is 1. The zero-order valence-corrected chi connectivity index (χ0v) is 14.6. The summed E-state index contributed by atoms with van der Waals surface area (Å²) in [5.74, 6) is -0.445. The highest BCUT2D eigenvalue weighted by Crippen LogP contribution is 2.26. The van der Waals surface area contributed by atoms with Gasteiger partial charge in [0.2, 0.25) is 5.82 Å². The van der Waals surface area contributed by atoms with Crippen LogP contribution in [-0.4, -0.2) is 52.2 Å². The van der Waals surface area contributed by atoms with Crippen LogP contribution in [0.2, 0.25) is 5.15 Å². The van der Waals surface area contributed by atoms with Gasteiger partial charge in [0.25, 0.3) is 0 Å². The van der Waals surface area contributed by atoms with E-state index in [4.69, 9.17) is 16.3 Å². The van der Waals surface area contributed by atoms with Crippen molar-refractivity contribution >= 4 is 23.5 Å². The Morgan fingerprint density at radius 1 is 1.43 bits per heavy atom. The standard InChI is InChI=1S/C15H22ClFN4O2/c1-5-10-8-20(14(22)23-15(2,3)4)6-7-21(10)13-11(17)12(16)18-9-19-13/h9-10H,5-8H2,1-4H3/t10-/m1/s1. The van der Waals surface area contributed by atoms with Crippen LogP contribution in [0.5, 0.6) is 0 Å². The molecule has 6 nitrogen and oxygen atoms in total. The molecular formula is C15H22ClFN4O2. The number of amides is 1. The third-order valence-corrected chi connectivity index (χ3v) is 3.87. The first-order valence-electron chi connectivity index (χ1n) is 7.63. The van der Waals surface area contributed by atoms with Crippen LogP contribution in [0.3, 0.4) is 0 Å². The quantitative estimate of drug-likeness (QED) is 0.771. The molecule has 1 atom stereocenters. The number of ether oxygens (including phenoxy) is 1. The van der Waals surface area contributed by atoms with Crippen LogP contribution in [0.1, 0.15) is 34.1 Å². The number of nitrogens with zero attached hydrogens (tertiary/aromatic N) is 4. The van der Waals surface area contributed by atoms with Crippen molar-refractivity contribution in [3.63, 3.8) is 0 Å². The van der Waals surface area contributed by atoms with Crippen LogP contribution in [0.4, 0.5) is 15.0 Å². The van der Waals surface area contributed by atoms with Crippen LogP contribution < -0.4 is 4.90 Å². The van der Waals surface area contributed by atoms with Gasteiger partial charge in [-0.3, -0.25) is 0 Å². The largest absolute Gasteiger partial charge is 0.444 e. The summed E-state index contributed by atoms with van der Waals surface area (Å²) in [6, 6.07) is -0.0586. The van der Waals surface area contributed by atoms with Crippen LogP contribution in [0, 0.1) is 5.82 Å². The van der Waals surface area contributed by atoms with Gasteiger partial charge in [-0.2, -0.15) is 4.39 Å². The SMILES string of the molecule is CC[C@@H]1CN(C(=O)OC(C)(C)C)CCN1c1ncnc(Cl)c1F. The lowest BCUT2D eigenvalue weighted by molar-refractivity contribution is 0.0213. The van der Waals surface area contributed by atoms with Crippen molar-refractivity contribution in [3.8, 4) is 0 Å². The maximum atomic E-state index is 14.2. The molecule has 0 saturated carbocycles. The summed E-state index contributed by atoms with van der Waals surface area (Å²) in [6.07, 6.45) is 1.63. The molecule has 0 bridgehead atoms. The molecular weight excluding hydrogens is 323 g/mol. The molecule has 1 amide bonds. The van der Waals surface area contributed by atoms with E-state index in [2.05, 4.69) is 9.97 Å². The van der Waals surface area contributed by atoms with E-state index in [1.54, 1.807) is 4.90 Å². The van der Waals surface area contributed by atoms with Crippen molar-refractivity contribution < 1.29 is 13.9 Å². The van der Waals surface area contributed by atoms with Gasteiger partial charge in [0.05, 0.1) is 0 Å². The zero-order chi connectivity index (χ0) is 17.2. The Balaban J connectivity index is 2.13. The Labute approximate surface area is 140 Å². The Kier molecular flexibility index (Phi) is 5.29. The second-order valence-corrected chi connectivity index (χ2v) is 6.84. The fourth-order valence-corrected chi connectivity index (χ4v) is 2.64. The van der Waals surface area contributed by atoms with Crippen LogP contribution in [0.25, 0.3) is 0 Å². The van der Waals surface area contributed by atoms with Gasteiger partial charge in [-0.1, -0.05) is 18.5 Å². The first-order chi connectivity index (χ1) is 10.7. The molecule has 0 N–H and O–H groups in total. The Bertz CT molecular complexity index is 579. The molecule has 2 rings (SSSR count). The first-order valence-corrected chi connectivity index (χ1v) is 8.01. The normalized spacial score (nSPS) is 19.0. The summed E-state index contributed by atoms with van der Waals surface area (Å²) in [5.41, 5.74) is -0.539.